The SMILES string of the molecule is CC(C)C[C@H](NCCC(c1ccccc1)P(=O)(O)O)C(=O)N(C(N)=O)[C@@H](Cc1ccccc1)C(=O)O. The first-order valence-corrected chi connectivity index (χ1v) is 13.3. The minimum atomic E-state index is -4.50. The second kappa shape index (κ2) is 13.3. The molecule has 0 saturated carbocycles. The van der Waals surface area contributed by atoms with Crippen LogP contribution in [0.25, 0.3) is 0 Å². The summed E-state index contributed by atoms with van der Waals surface area (Å²) < 4.78 is 12.1. The molecule has 0 saturated heterocycles. The number of carbonyl (C=O) groups excluding carboxylic acids is 2. The maximum absolute atomic E-state index is 13.4. The number of rotatable bonds is 13. The van der Waals surface area contributed by atoms with Crippen LogP contribution in [0.4, 0.5) is 4.79 Å². The van der Waals surface area contributed by atoms with Gasteiger partial charge in [-0.2, -0.15) is 0 Å². The van der Waals surface area contributed by atoms with Crippen molar-refractivity contribution < 1.29 is 33.8 Å². The number of amides is 3. The number of hydrogen-bond acceptors (Lipinski definition) is 5. The number of urea groups is 1. The molecule has 10 nitrogen and oxygen atoms in total. The second-order valence-corrected chi connectivity index (χ2v) is 10.8. The van der Waals surface area contributed by atoms with Crippen LogP contribution >= 0.6 is 7.60 Å². The molecule has 11 heteroatoms. The molecule has 2 aromatic rings. The Morgan fingerprint density at radius 3 is 2.03 bits per heavy atom. The van der Waals surface area contributed by atoms with Crippen molar-refractivity contribution in [1.29, 1.82) is 0 Å². The lowest BCUT2D eigenvalue weighted by molar-refractivity contribution is -0.148. The molecule has 0 aromatic heterocycles. The summed E-state index contributed by atoms with van der Waals surface area (Å²) in [6.45, 7) is 3.76. The highest BCUT2D eigenvalue weighted by Gasteiger charge is 2.38. The zero-order chi connectivity index (χ0) is 26.9. The second-order valence-electron chi connectivity index (χ2n) is 9.03. The molecule has 36 heavy (non-hydrogen) atoms. The van der Waals surface area contributed by atoms with Crippen LogP contribution in [-0.2, 0) is 20.6 Å². The first kappa shape index (κ1) is 29.2. The largest absolute Gasteiger partial charge is 0.480 e. The minimum absolute atomic E-state index is 0.00900. The summed E-state index contributed by atoms with van der Waals surface area (Å²) in [6.07, 6.45) is 0.152. The number of carbonyl (C=O) groups is 3. The quantitative estimate of drug-likeness (QED) is 0.252. The molecule has 0 bridgehead atoms. The van der Waals surface area contributed by atoms with Crippen molar-refractivity contribution in [3.63, 3.8) is 0 Å². The van der Waals surface area contributed by atoms with Crippen molar-refractivity contribution in [3.05, 3.63) is 71.8 Å². The predicted octanol–water partition coefficient (Wildman–Crippen LogP) is 2.90. The number of imide groups is 1. The summed E-state index contributed by atoms with van der Waals surface area (Å²) in [6, 6.07) is 13.2. The zero-order valence-corrected chi connectivity index (χ0v) is 21.3. The molecule has 196 valence electrons. The molecular weight excluding hydrogens is 485 g/mol. The van der Waals surface area contributed by atoms with Gasteiger partial charge in [-0.05, 0) is 36.4 Å². The highest BCUT2D eigenvalue weighted by molar-refractivity contribution is 7.52. The van der Waals surface area contributed by atoms with E-state index in [4.69, 9.17) is 5.73 Å². The lowest BCUT2D eigenvalue weighted by Crippen LogP contribution is -2.58. The predicted molar refractivity (Wildman–Crippen MR) is 135 cm³/mol. The summed E-state index contributed by atoms with van der Waals surface area (Å²) in [5, 5.41) is 12.8. The summed E-state index contributed by atoms with van der Waals surface area (Å²) in [5.41, 5.74) is 5.48. The van der Waals surface area contributed by atoms with Crippen LogP contribution in [0.2, 0.25) is 0 Å². The van der Waals surface area contributed by atoms with Crippen LogP contribution in [0.15, 0.2) is 60.7 Å². The van der Waals surface area contributed by atoms with E-state index in [-0.39, 0.29) is 31.7 Å². The van der Waals surface area contributed by atoms with Crippen LogP contribution in [0.5, 0.6) is 0 Å². The van der Waals surface area contributed by atoms with E-state index in [0.717, 1.165) is 0 Å². The van der Waals surface area contributed by atoms with E-state index in [2.05, 4.69) is 5.32 Å². The number of carboxylic acids is 1. The first-order chi connectivity index (χ1) is 16.9. The fraction of sp³-hybridized carbons (Fsp3) is 0.400. The van der Waals surface area contributed by atoms with E-state index in [1.165, 1.54) is 0 Å². The third kappa shape index (κ3) is 8.57. The number of nitrogens with zero attached hydrogens (tertiary/aromatic N) is 1. The van der Waals surface area contributed by atoms with Gasteiger partial charge >= 0.3 is 19.6 Å². The van der Waals surface area contributed by atoms with E-state index in [0.29, 0.717) is 16.0 Å². The van der Waals surface area contributed by atoms with Crippen LogP contribution in [0.1, 0.15) is 43.5 Å². The van der Waals surface area contributed by atoms with Gasteiger partial charge in [0.05, 0.1) is 11.7 Å². The Balaban J connectivity index is 2.25. The Morgan fingerprint density at radius 2 is 1.56 bits per heavy atom. The molecule has 3 atom stereocenters. The summed E-state index contributed by atoms with van der Waals surface area (Å²) >= 11 is 0. The molecule has 1 unspecified atom stereocenters. The van der Waals surface area contributed by atoms with Crippen molar-refractivity contribution in [2.75, 3.05) is 6.54 Å². The standard InChI is InChI=1S/C25H34N3O7P/c1-17(2)15-20(27-14-13-22(36(33,34)35)19-11-7-4-8-12-19)23(29)28(25(26)32)21(24(30)31)16-18-9-5-3-6-10-18/h3-12,17,20-22,27H,13-16H2,1-2H3,(H2,26,32)(H,30,31)(H2,33,34,35)/t20-,21-,22?/m0/s1. The number of nitrogens with two attached hydrogens (primary N) is 1. The monoisotopic (exact) mass is 519 g/mol. The number of nitrogens with one attached hydrogen (secondary N) is 1. The van der Waals surface area contributed by atoms with Gasteiger partial charge < -0.3 is 25.9 Å². The molecule has 0 aliphatic rings. The highest BCUT2D eigenvalue weighted by atomic mass is 31.2. The van der Waals surface area contributed by atoms with Gasteiger partial charge in [-0.1, -0.05) is 74.5 Å². The Kier molecular flexibility index (Phi) is 10.8. The van der Waals surface area contributed by atoms with E-state index in [9.17, 15) is 33.8 Å². The third-order valence-corrected chi connectivity index (χ3v) is 7.12. The van der Waals surface area contributed by atoms with E-state index < -0.39 is 43.2 Å². The van der Waals surface area contributed by atoms with Crippen molar-refractivity contribution in [2.24, 2.45) is 11.7 Å². The molecule has 2 aromatic carbocycles. The highest BCUT2D eigenvalue weighted by Crippen LogP contribution is 2.53. The zero-order valence-electron chi connectivity index (χ0n) is 20.4. The molecule has 0 heterocycles. The normalized spacial score (nSPS) is 14.1. The van der Waals surface area contributed by atoms with Crippen molar-refractivity contribution >= 4 is 25.5 Å². The molecule has 6 N–H and O–H groups in total. The van der Waals surface area contributed by atoms with Crippen molar-refractivity contribution in [3.8, 4) is 0 Å². The number of primary amides is 1. The lowest BCUT2D eigenvalue weighted by atomic mass is 9.99. The molecule has 0 fully saturated rings. The van der Waals surface area contributed by atoms with Gasteiger partial charge in [0, 0.05) is 6.42 Å². The number of aliphatic carboxylic acids is 1. The summed E-state index contributed by atoms with van der Waals surface area (Å²) in [5.74, 6) is -2.18. The van der Waals surface area contributed by atoms with Crippen molar-refractivity contribution in [1.82, 2.24) is 10.2 Å². The van der Waals surface area contributed by atoms with E-state index in [1.54, 1.807) is 60.7 Å². The summed E-state index contributed by atoms with van der Waals surface area (Å²) in [7, 11) is -4.50. The molecule has 0 aliphatic carbocycles. The van der Waals surface area contributed by atoms with Gasteiger partial charge in [0.1, 0.15) is 6.04 Å². The Bertz CT molecular complexity index is 1060. The fourth-order valence-electron chi connectivity index (χ4n) is 4.05. The maximum atomic E-state index is 13.4. The van der Waals surface area contributed by atoms with Gasteiger partial charge in [0.25, 0.3) is 0 Å². The summed E-state index contributed by atoms with van der Waals surface area (Å²) in [4.78, 5) is 58.1. The molecule has 3 amide bonds. The number of benzene rings is 2. The molecular formula is C25H34N3O7P. The van der Waals surface area contributed by atoms with Gasteiger partial charge in [0.15, 0.2) is 0 Å². The minimum Gasteiger partial charge on any atom is -0.480 e. The van der Waals surface area contributed by atoms with Crippen molar-refractivity contribution in [2.45, 2.75) is 50.9 Å². The maximum Gasteiger partial charge on any atom is 0.333 e. The van der Waals surface area contributed by atoms with Crippen LogP contribution in [-0.4, -0.2) is 56.3 Å². The number of hydrogen-bond donors (Lipinski definition) is 5. The van der Waals surface area contributed by atoms with Gasteiger partial charge in [-0.15, -0.1) is 0 Å². The van der Waals surface area contributed by atoms with Gasteiger partial charge in [-0.25, -0.2) is 14.5 Å². The third-order valence-electron chi connectivity index (χ3n) is 5.75. The number of carboxylic acid groups (broad SMARTS) is 1. The Morgan fingerprint density at radius 1 is 1.00 bits per heavy atom. The lowest BCUT2D eigenvalue weighted by Gasteiger charge is -2.31. The van der Waals surface area contributed by atoms with E-state index in [1.807, 2.05) is 13.8 Å². The first-order valence-electron chi connectivity index (χ1n) is 11.6. The van der Waals surface area contributed by atoms with Crippen LogP contribution in [0, 0.1) is 5.92 Å². The Hall–Kier alpha value is -3.04. The van der Waals surface area contributed by atoms with E-state index >= 15 is 0 Å². The van der Waals surface area contributed by atoms with Gasteiger partial charge in [-0.3, -0.25) is 9.36 Å². The molecule has 2 rings (SSSR count). The average molecular weight is 520 g/mol. The average Bonchev–Trinajstić information content (AvgIpc) is 2.80. The van der Waals surface area contributed by atoms with Gasteiger partial charge in [0.2, 0.25) is 5.91 Å². The molecule has 0 aliphatic heterocycles. The topological polar surface area (TPSA) is 170 Å². The smallest absolute Gasteiger partial charge is 0.333 e. The fourth-order valence-corrected chi connectivity index (χ4v) is 5.08. The molecule has 0 spiro atoms. The molecule has 0 radical (unpaired) electrons. The van der Waals surface area contributed by atoms with Crippen LogP contribution in [0.3, 0.4) is 0 Å². The van der Waals surface area contributed by atoms with Crippen LogP contribution < -0.4 is 11.1 Å². The Labute approximate surface area is 210 Å².